The number of nitrogens with zero attached hydrogens (tertiary/aromatic N) is 1. The highest BCUT2D eigenvalue weighted by atomic mass is 15.2. The molecule has 2 aliphatic rings. The fraction of sp³-hybridized carbons (Fsp3) is 1.00. The molecule has 0 aromatic carbocycles. The zero-order chi connectivity index (χ0) is 11.4. The van der Waals surface area contributed by atoms with Gasteiger partial charge in [0.2, 0.25) is 0 Å². The van der Waals surface area contributed by atoms with Gasteiger partial charge in [-0.25, -0.2) is 0 Å². The molecule has 0 atom stereocenters. The van der Waals surface area contributed by atoms with E-state index in [-0.39, 0.29) is 0 Å². The van der Waals surface area contributed by atoms with Crippen molar-refractivity contribution in [3.63, 3.8) is 0 Å². The first-order valence-electron chi connectivity index (χ1n) is 7.11. The second-order valence-electron chi connectivity index (χ2n) is 6.48. The fourth-order valence-corrected chi connectivity index (χ4v) is 3.15. The number of hydrogen-bond acceptors (Lipinski definition) is 2. The van der Waals surface area contributed by atoms with Gasteiger partial charge in [-0.2, -0.15) is 0 Å². The Morgan fingerprint density at radius 3 is 2.62 bits per heavy atom. The monoisotopic (exact) mass is 224 g/mol. The molecule has 2 fully saturated rings. The quantitative estimate of drug-likeness (QED) is 0.722. The van der Waals surface area contributed by atoms with Crippen molar-refractivity contribution >= 4 is 0 Å². The third-order valence-corrected chi connectivity index (χ3v) is 4.20. The average Bonchev–Trinajstić information content (AvgIpc) is 2.82. The van der Waals surface area contributed by atoms with Crippen molar-refractivity contribution in [1.29, 1.82) is 0 Å². The summed E-state index contributed by atoms with van der Waals surface area (Å²) in [5, 5.41) is 3.70. The highest BCUT2D eigenvalue weighted by molar-refractivity contribution is 4.82. The highest BCUT2D eigenvalue weighted by Gasteiger charge is 2.28. The Morgan fingerprint density at radius 2 is 2.00 bits per heavy atom. The van der Waals surface area contributed by atoms with E-state index in [4.69, 9.17) is 0 Å². The smallest absolute Gasteiger partial charge is 0.00670 e. The first kappa shape index (κ1) is 12.4. The summed E-state index contributed by atoms with van der Waals surface area (Å²) in [5.41, 5.74) is 0.568. The van der Waals surface area contributed by atoms with Crippen molar-refractivity contribution in [2.75, 3.05) is 26.2 Å². The zero-order valence-electron chi connectivity index (χ0n) is 11.1. The van der Waals surface area contributed by atoms with Gasteiger partial charge in [-0.05, 0) is 50.7 Å². The molecular weight excluding hydrogens is 196 g/mol. The molecule has 0 aromatic heterocycles. The largest absolute Gasteiger partial charge is 0.314 e. The normalized spacial score (nSPS) is 26.6. The van der Waals surface area contributed by atoms with Crippen LogP contribution in [0.25, 0.3) is 0 Å². The molecule has 0 radical (unpaired) electrons. The predicted octanol–water partition coefficient (Wildman–Crippen LogP) is 2.64. The lowest BCUT2D eigenvalue weighted by molar-refractivity contribution is 0.285. The summed E-state index contributed by atoms with van der Waals surface area (Å²) in [4.78, 5) is 2.64. The first-order valence-corrected chi connectivity index (χ1v) is 7.11. The minimum atomic E-state index is 0.568. The van der Waals surface area contributed by atoms with E-state index in [0.717, 1.165) is 6.04 Å². The van der Waals surface area contributed by atoms with E-state index in [0.29, 0.717) is 5.41 Å². The number of likely N-dealkylation sites (tertiary alicyclic amines) is 1. The van der Waals surface area contributed by atoms with Crippen molar-refractivity contribution in [2.24, 2.45) is 5.41 Å². The molecule has 2 rings (SSSR count). The summed E-state index contributed by atoms with van der Waals surface area (Å²) in [6.45, 7) is 9.92. The topological polar surface area (TPSA) is 15.3 Å². The van der Waals surface area contributed by atoms with E-state index in [2.05, 4.69) is 24.1 Å². The summed E-state index contributed by atoms with van der Waals surface area (Å²) in [6.07, 6.45) is 8.42. The lowest BCUT2D eigenvalue weighted by Crippen LogP contribution is -2.31. The van der Waals surface area contributed by atoms with Gasteiger partial charge >= 0.3 is 0 Å². The summed E-state index contributed by atoms with van der Waals surface area (Å²) < 4.78 is 0. The van der Waals surface area contributed by atoms with Crippen LogP contribution < -0.4 is 5.32 Å². The zero-order valence-corrected chi connectivity index (χ0v) is 11.1. The molecular formula is C14H28N2. The van der Waals surface area contributed by atoms with Gasteiger partial charge in [0.1, 0.15) is 0 Å². The van der Waals surface area contributed by atoms with E-state index < -0.39 is 0 Å². The van der Waals surface area contributed by atoms with E-state index in [9.17, 15) is 0 Å². The fourth-order valence-electron chi connectivity index (χ4n) is 3.15. The second-order valence-corrected chi connectivity index (χ2v) is 6.48. The Balaban J connectivity index is 1.51. The average molecular weight is 224 g/mol. The molecule has 0 spiro atoms. The van der Waals surface area contributed by atoms with Gasteiger partial charge in [0.15, 0.2) is 0 Å². The Kier molecular flexibility index (Phi) is 4.26. The standard InChI is InChI=1S/C14H28N2/c1-14(2)8-11-16(12-14)10-5-9-15-13-6-3-4-7-13/h13,15H,3-12H2,1-2H3. The van der Waals surface area contributed by atoms with E-state index >= 15 is 0 Å². The van der Waals surface area contributed by atoms with Crippen molar-refractivity contribution in [2.45, 2.75) is 58.4 Å². The Morgan fingerprint density at radius 1 is 1.25 bits per heavy atom. The van der Waals surface area contributed by atoms with Crippen LogP contribution in [-0.2, 0) is 0 Å². The van der Waals surface area contributed by atoms with Crippen molar-refractivity contribution < 1.29 is 0 Å². The lowest BCUT2D eigenvalue weighted by atomic mass is 9.93. The van der Waals surface area contributed by atoms with Crippen LogP contribution in [-0.4, -0.2) is 37.1 Å². The second kappa shape index (κ2) is 5.50. The van der Waals surface area contributed by atoms with Gasteiger partial charge < -0.3 is 10.2 Å². The highest BCUT2D eigenvalue weighted by Crippen LogP contribution is 2.28. The van der Waals surface area contributed by atoms with Gasteiger partial charge in [-0.1, -0.05) is 26.7 Å². The maximum atomic E-state index is 3.70. The minimum absolute atomic E-state index is 0.568. The molecule has 1 aliphatic carbocycles. The molecule has 94 valence electrons. The van der Waals surface area contributed by atoms with Crippen LogP contribution in [0.4, 0.5) is 0 Å². The van der Waals surface area contributed by atoms with Gasteiger partial charge in [0.25, 0.3) is 0 Å². The molecule has 1 saturated carbocycles. The van der Waals surface area contributed by atoms with Crippen molar-refractivity contribution in [3.05, 3.63) is 0 Å². The predicted molar refractivity (Wildman–Crippen MR) is 69.7 cm³/mol. The third kappa shape index (κ3) is 3.74. The van der Waals surface area contributed by atoms with E-state index in [1.807, 2.05) is 0 Å². The molecule has 0 unspecified atom stereocenters. The van der Waals surface area contributed by atoms with Crippen LogP contribution in [0.3, 0.4) is 0 Å². The minimum Gasteiger partial charge on any atom is -0.314 e. The van der Waals surface area contributed by atoms with Crippen molar-refractivity contribution in [3.8, 4) is 0 Å². The number of hydrogen-bond donors (Lipinski definition) is 1. The summed E-state index contributed by atoms with van der Waals surface area (Å²) in [6, 6.07) is 0.843. The van der Waals surface area contributed by atoms with Crippen LogP contribution in [0, 0.1) is 5.41 Å². The van der Waals surface area contributed by atoms with Crippen LogP contribution in [0.15, 0.2) is 0 Å². The Hall–Kier alpha value is -0.0800. The molecule has 2 heteroatoms. The maximum Gasteiger partial charge on any atom is 0.00670 e. The number of rotatable bonds is 5. The summed E-state index contributed by atoms with van der Waals surface area (Å²) in [7, 11) is 0. The van der Waals surface area contributed by atoms with Gasteiger partial charge in [-0.3, -0.25) is 0 Å². The van der Waals surface area contributed by atoms with Gasteiger partial charge in [0.05, 0.1) is 0 Å². The number of nitrogens with one attached hydrogen (secondary N) is 1. The lowest BCUT2D eigenvalue weighted by Gasteiger charge is -2.20. The SMILES string of the molecule is CC1(C)CCN(CCCNC2CCCC2)C1. The van der Waals surface area contributed by atoms with Crippen LogP contribution in [0.1, 0.15) is 52.4 Å². The molecule has 1 N–H and O–H groups in total. The molecule has 1 saturated heterocycles. The molecule has 1 heterocycles. The molecule has 16 heavy (non-hydrogen) atoms. The Bertz CT molecular complexity index is 207. The third-order valence-electron chi connectivity index (χ3n) is 4.20. The molecule has 0 amide bonds. The summed E-state index contributed by atoms with van der Waals surface area (Å²) >= 11 is 0. The molecule has 0 bridgehead atoms. The van der Waals surface area contributed by atoms with Crippen molar-refractivity contribution in [1.82, 2.24) is 10.2 Å². The van der Waals surface area contributed by atoms with Crippen LogP contribution in [0.2, 0.25) is 0 Å². The maximum absolute atomic E-state index is 3.70. The molecule has 1 aliphatic heterocycles. The van der Waals surface area contributed by atoms with E-state index in [1.165, 1.54) is 64.7 Å². The van der Waals surface area contributed by atoms with E-state index in [1.54, 1.807) is 0 Å². The molecule has 2 nitrogen and oxygen atoms in total. The van der Waals surface area contributed by atoms with Crippen LogP contribution in [0.5, 0.6) is 0 Å². The van der Waals surface area contributed by atoms with Gasteiger partial charge in [0, 0.05) is 12.6 Å². The Labute approximate surface area is 101 Å². The summed E-state index contributed by atoms with van der Waals surface area (Å²) in [5.74, 6) is 0. The first-order chi connectivity index (χ1) is 7.66. The van der Waals surface area contributed by atoms with Gasteiger partial charge in [-0.15, -0.1) is 0 Å². The van der Waals surface area contributed by atoms with Crippen LogP contribution >= 0.6 is 0 Å². The molecule has 0 aromatic rings.